The maximum Gasteiger partial charge on any atom is 0.0773 e. The van der Waals surface area contributed by atoms with Crippen molar-refractivity contribution < 1.29 is 0 Å². The van der Waals surface area contributed by atoms with E-state index in [0.717, 1.165) is 0 Å². The van der Waals surface area contributed by atoms with E-state index in [1.165, 1.54) is 0 Å². The van der Waals surface area contributed by atoms with Crippen molar-refractivity contribution in [1.82, 2.24) is 0 Å². The van der Waals surface area contributed by atoms with Crippen LogP contribution >= 0.6 is 23.5 Å². The molecule has 1 unspecified atom stereocenters. The standard InChI is InChI=1S/C7H7S2/c1-2-8-7-5-3-4-6-9-7/h3-7H,1H2. The fourth-order valence-corrected chi connectivity index (χ4v) is 1.99. The Morgan fingerprint density at radius 2 is 2.44 bits per heavy atom. The van der Waals surface area contributed by atoms with Crippen LogP contribution in [0, 0.1) is 5.41 Å². The van der Waals surface area contributed by atoms with Crippen LogP contribution in [0.1, 0.15) is 0 Å². The Labute approximate surface area is 64.1 Å². The molecule has 47 valence electrons. The lowest BCUT2D eigenvalue weighted by atomic mass is 10.5. The largest absolute Gasteiger partial charge is 0.115 e. The average molecular weight is 155 g/mol. The molecule has 0 bridgehead atoms. The first-order valence-corrected chi connectivity index (χ1v) is 4.42. The topological polar surface area (TPSA) is 0 Å². The van der Waals surface area contributed by atoms with Gasteiger partial charge in [0.15, 0.2) is 0 Å². The molecular formula is C7H7S2. The van der Waals surface area contributed by atoms with Gasteiger partial charge in [-0.2, -0.15) is 0 Å². The third-order valence-corrected chi connectivity index (χ3v) is 2.79. The lowest BCUT2D eigenvalue weighted by Crippen LogP contribution is -1.88. The van der Waals surface area contributed by atoms with E-state index in [1.54, 1.807) is 23.5 Å². The second kappa shape index (κ2) is 3.85. The van der Waals surface area contributed by atoms with E-state index in [9.17, 15) is 0 Å². The van der Waals surface area contributed by atoms with Gasteiger partial charge in [-0.1, -0.05) is 24.8 Å². The molecule has 0 saturated carbocycles. The summed E-state index contributed by atoms with van der Waals surface area (Å²) >= 11 is 3.40. The first-order valence-electron chi connectivity index (χ1n) is 2.60. The highest BCUT2D eigenvalue weighted by Gasteiger charge is 2.02. The van der Waals surface area contributed by atoms with Crippen molar-refractivity contribution >= 4 is 23.5 Å². The fraction of sp³-hybridized carbons (Fsp3) is 0.143. The lowest BCUT2D eigenvalue weighted by Gasteiger charge is -2.06. The van der Waals surface area contributed by atoms with Crippen molar-refractivity contribution in [3.63, 3.8) is 0 Å². The summed E-state index contributed by atoms with van der Waals surface area (Å²) in [5.74, 6) is 0. The molecule has 2 heteroatoms. The Morgan fingerprint density at radius 3 is 3.00 bits per heavy atom. The van der Waals surface area contributed by atoms with Crippen LogP contribution in [0.2, 0.25) is 0 Å². The molecule has 0 fully saturated rings. The second-order valence-corrected chi connectivity index (χ2v) is 3.86. The second-order valence-electron chi connectivity index (χ2n) is 1.48. The number of allylic oxidation sites excluding steroid dienone is 2. The number of hydrogen-bond donors (Lipinski definition) is 0. The van der Waals surface area contributed by atoms with Gasteiger partial charge in [0, 0.05) is 5.41 Å². The molecule has 0 spiro atoms. The molecule has 1 rings (SSSR count). The quantitative estimate of drug-likeness (QED) is 0.601. The molecule has 0 nitrogen and oxygen atoms in total. The molecule has 0 amide bonds. The number of rotatable bonds is 2. The van der Waals surface area contributed by atoms with Gasteiger partial charge in [-0.25, -0.2) is 0 Å². The summed E-state index contributed by atoms with van der Waals surface area (Å²) in [4.78, 5) is 0. The number of hydrogen-bond acceptors (Lipinski definition) is 2. The van der Waals surface area contributed by atoms with Gasteiger partial charge in [0.2, 0.25) is 0 Å². The van der Waals surface area contributed by atoms with Crippen LogP contribution in [-0.4, -0.2) is 4.58 Å². The molecule has 1 atom stereocenters. The van der Waals surface area contributed by atoms with E-state index < -0.39 is 0 Å². The first kappa shape index (κ1) is 7.03. The van der Waals surface area contributed by atoms with Crippen LogP contribution in [0.5, 0.6) is 0 Å². The van der Waals surface area contributed by atoms with E-state index in [1.807, 2.05) is 12.2 Å². The van der Waals surface area contributed by atoms with Crippen molar-refractivity contribution in [3.05, 3.63) is 35.6 Å². The van der Waals surface area contributed by atoms with Crippen molar-refractivity contribution in [1.29, 1.82) is 0 Å². The summed E-state index contributed by atoms with van der Waals surface area (Å²) in [6.07, 6.45) is 6.21. The SMILES string of the molecule is C=[C]SC1C=CC=CS1. The van der Waals surface area contributed by atoms with Crippen molar-refractivity contribution in [2.45, 2.75) is 4.58 Å². The minimum Gasteiger partial charge on any atom is -0.115 e. The molecule has 1 radical (unpaired) electrons. The van der Waals surface area contributed by atoms with Gasteiger partial charge in [-0.3, -0.25) is 0 Å². The zero-order valence-corrected chi connectivity index (χ0v) is 6.54. The van der Waals surface area contributed by atoms with Crippen LogP contribution < -0.4 is 0 Å². The average Bonchev–Trinajstić information content (AvgIpc) is 1.91. The van der Waals surface area contributed by atoms with E-state index in [4.69, 9.17) is 0 Å². The minimum atomic E-state index is 0.493. The molecule has 0 saturated heterocycles. The molecule has 1 aliphatic rings. The van der Waals surface area contributed by atoms with Crippen molar-refractivity contribution in [2.24, 2.45) is 0 Å². The zero-order chi connectivity index (χ0) is 6.53. The molecule has 0 aromatic rings. The summed E-state index contributed by atoms with van der Waals surface area (Å²) in [7, 11) is 0. The maximum absolute atomic E-state index is 3.52. The third kappa shape index (κ3) is 2.33. The Kier molecular flexibility index (Phi) is 3.01. The van der Waals surface area contributed by atoms with Gasteiger partial charge in [0.1, 0.15) is 0 Å². The summed E-state index contributed by atoms with van der Waals surface area (Å²) in [5.41, 5.74) is 0. The molecule has 1 heterocycles. The maximum atomic E-state index is 3.52. The van der Waals surface area contributed by atoms with Crippen LogP contribution in [-0.2, 0) is 0 Å². The predicted octanol–water partition coefficient (Wildman–Crippen LogP) is 2.81. The van der Waals surface area contributed by atoms with Crippen molar-refractivity contribution in [2.75, 3.05) is 0 Å². The van der Waals surface area contributed by atoms with Crippen LogP contribution in [0.3, 0.4) is 0 Å². The van der Waals surface area contributed by atoms with E-state index in [-0.39, 0.29) is 0 Å². The Balaban J connectivity index is 2.36. The van der Waals surface area contributed by atoms with Crippen molar-refractivity contribution in [3.8, 4) is 0 Å². The van der Waals surface area contributed by atoms with Gasteiger partial charge in [0.05, 0.1) is 4.58 Å². The Hall–Kier alpha value is -0.0800. The summed E-state index contributed by atoms with van der Waals surface area (Å²) < 4.78 is 0.493. The molecule has 0 N–H and O–H groups in total. The predicted molar refractivity (Wildman–Crippen MR) is 46.1 cm³/mol. The van der Waals surface area contributed by atoms with Gasteiger partial charge >= 0.3 is 0 Å². The highest BCUT2D eigenvalue weighted by atomic mass is 32.2. The molecule has 1 aliphatic heterocycles. The summed E-state index contributed by atoms with van der Waals surface area (Å²) in [6.45, 7) is 3.52. The third-order valence-electron chi connectivity index (χ3n) is 0.870. The highest BCUT2D eigenvalue weighted by molar-refractivity contribution is 8.19. The molecule has 0 aromatic heterocycles. The first-order chi connectivity index (χ1) is 4.43. The Bertz CT molecular complexity index is 145. The highest BCUT2D eigenvalue weighted by Crippen LogP contribution is 2.28. The molecular weight excluding hydrogens is 148 g/mol. The van der Waals surface area contributed by atoms with Crippen LogP contribution in [0.25, 0.3) is 0 Å². The molecule has 0 aliphatic carbocycles. The van der Waals surface area contributed by atoms with Gasteiger partial charge in [-0.15, -0.1) is 23.5 Å². The molecule has 9 heavy (non-hydrogen) atoms. The van der Waals surface area contributed by atoms with E-state index >= 15 is 0 Å². The van der Waals surface area contributed by atoms with E-state index in [0.29, 0.717) is 4.58 Å². The summed E-state index contributed by atoms with van der Waals surface area (Å²) in [5, 5.41) is 4.88. The minimum absolute atomic E-state index is 0.493. The lowest BCUT2D eigenvalue weighted by molar-refractivity contribution is 1.64. The number of thioether (sulfide) groups is 2. The smallest absolute Gasteiger partial charge is 0.0773 e. The van der Waals surface area contributed by atoms with Gasteiger partial charge < -0.3 is 0 Å². The van der Waals surface area contributed by atoms with Crippen LogP contribution in [0.15, 0.2) is 30.2 Å². The fourth-order valence-electron chi connectivity index (χ4n) is 0.518. The Morgan fingerprint density at radius 1 is 1.56 bits per heavy atom. The van der Waals surface area contributed by atoms with Crippen LogP contribution in [0.4, 0.5) is 0 Å². The monoisotopic (exact) mass is 155 g/mol. The van der Waals surface area contributed by atoms with Gasteiger partial charge in [-0.05, 0) is 5.41 Å². The molecule has 0 aromatic carbocycles. The zero-order valence-electron chi connectivity index (χ0n) is 4.91. The normalized spacial score (nSPS) is 24.2. The van der Waals surface area contributed by atoms with Gasteiger partial charge in [0.25, 0.3) is 0 Å². The summed E-state index contributed by atoms with van der Waals surface area (Å²) in [6, 6.07) is 0. The van der Waals surface area contributed by atoms with E-state index in [2.05, 4.69) is 23.5 Å².